The van der Waals surface area contributed by atoms with Crippen LogP contribution in [0.5, 0.6) is 0 Å². The summed E-state index contributed by atoms with van der Waals surface area (Å²) in [6, 6.07) is 17.0. The van der Waals surface area contributed by atoms with Crippen LogP contribution in [-0.2, 0) is 0 Å². The number of aromatic nitrogens is 2. The molecule has 0 radical (unpaired) electrons. The van der Waals surface area contributed by atoms with E-state index in [1.165, 1.54) is 17.0 Å². The van der Waals surface area contributed by atoms with Crippen LogP contribution in [0, 0.1) is 13.8 Å². The molecule has 3 aromatic rings. The Morgan fingerprint density at radius 2 is 1.97 bits per heavy atom. The maximum absolute atomic E-state index is 5.78. The molecular formula is C24H27BrN4S. The highest BCUT2D eigenvalue weighted by atomic mass is 79.9. The third kappa shape index (κ3) is 3.91. The third-order valence-electron chi connectivity index (χ3n) is 5.81. The van der Waals surface area contributed by atoms with Crippen LogP contribution in [-0.4, -0.2) is 26.1 Å². The van der Waals surface area contributed by atoms with E-state index in [9.17, 15) is 0 Å². The number of nitrogens with one attached hydrogen (secondary N) is 1. The summed E-state index contributed by atoms with van der Waals surface area (Å²) in [6.07, 6.45) is 4.10. The van der Waals surface area contributed by atoms with E-state index in [2.05, 4.69) is 92.9 Å². The van der Waals surface area contributed by atoms with Gasteiger partial charge in [0.15, 0.2) is 5.11 Å². The van der Waals surface area contributed by atoms with Crippen molar-refractivity contribution in [2.75, 3.05) is 6.54 Å². The van der Waals surface area contributed by atoms with Crippen molar-refractivity contribution in [1.29, 1.82) is 0 Å². The first-order chi connectivity index (χ1) is 14.5. The van der Waals surface area contributed by atoms with Crippen molar-refractivity contribution in [3.8, 4) is 5.69 Å². The molecule has 0 saturated carbocycles. The Morgan fingerprint density at radius 3 is 2.67 bits per heavy atom. The number of unbranched alkanes of at least 4 members (excludes halogenated alkanes) is 1. The van der Waals surface area contributed by atoms with Crippen LogP contribution in [0.3, 0.4) is 0 Å². The minimum atomic E-state index is 0.0343. The van der Waals surface area contributed by atoms with Gasteiger partial charge in [0.1, 0.15) is 0 Å². The van der Waals surface area contributed by atoms with Gasteiger partial charge in [0, 0.05) is 34.3 Å². The van der Waals surface area contributed by atoms with Gasteiger partial charge in [-0.15, -0.1) is 0 Å². The number of halogens is 1. The quantitative estimate of drug-likeness (QED) is 0.435. The van der Waals surface area contributed by atoms with Gasteiger partial charge in [-0.2, -0.15) is 0 Å². The Labute approximate surface area is 192 Å². The van der Waals surface area contributed by atoms with E-state index < -0.39 is 0 Å². The Bertz CT molecular complexity index is 1050. The number of thiocarbonyl (C=S) groups is 1. The number of pyridine rings is 1. The summed E-state index contributed by atoms with van der Waals surface area (Å²) in [5.74, 6) is 0. The molecule has 4 nitrogen and oxygen atoms in total. The number of hydrogen-bond donors (Lipinski definition) is 1. The zero-order valence-corrected chi connectivity index (χ0v) is 20.0. The molecule has 1 saturated heterocycles. The molecule has 4 rings (SSSR count). The molecule has 156 valence electrons. The fourth-order valence-corrected chi connectivity index (χ4v) is 5.13. The molecule has 1 N–H and O–H groups in total. The Kier molecular flexibility index (Phi) is 6.25. The van der Waals surface area contributed by atoms with Gasteiger partial charge in [0.25, 0.3) is 0 Å². The van der Waals surface area contributed by atoms with Crippen molar-refractivity contribution in [1.82, 2.24) is 19.8 Å². The third-order valence-corrected chi connectivity index (χ3v) is 6.65. The van der Waals surface area contributed by atoms with Crippen LogP contribution in [0.25, 0.3) is 5.69 Å². The van der Waals surface area contributed by atoms with E-state index in [0.29, 0.717) is 0 Å². The minimum absolute atomic E-state index is 0.0343. The molecule has 30 heavy (non-hydrogen) atoms. The van der Waals surface area contributed by atoms with Gasteiger partial charge >= 0.3 is 0 Å². The molecule has 1 aliphatic heterocycles. The summed E-state index contributed by atoms with van der Waals surface area (Å²) >= 11 is 9.39. The molecule has 0 aliphatic carbocycles. The van der Waals surface area contributed by atoms with Crippen molar-refractivity contribution < 1.29 is 0 Å². The molecule has 3 heterocycles. The average molecular weight is 483 g/mol. The Balaban J connectivity index is 1.82. The van der Waals surface area contributed by atoms with Gasteiger partial charge in [-0.1, -0.05) is 41.4 Å². The van der Waals surface area contributed by atoms with Gasteiger partial charge < -0.3 is 14.8 Å². The zero-order chi connectivity index (χ0) is 21.3. The highest BCUT2D eigenvalue weighted by Gasteiger charge is 2.41. The summed E-state index contributed by atoms with van der Waals surface area (Å²) in [5, 5.41) is 4.38. The van der Waals surface area contributed by atoms with E-state index in [0.717, 1.165) is 40.4 Å². The van der Waals surface area contributed by atoms with Crippen LogP contribution in [0.4, 0.5) is 0 Å². The monoisotopic (exact) mass is 482 g/mol. The van der Waals surface area contributed by atoms with E-state index >= 15 is 0 Å². The fraction of sp³-hybridized carbons (Fsp3) is 0.333. The SMILES string of the molecule is CCCCN1C(=S)N[C@@H](c2ccccn2)[C@H]1c1cc(C)n(-c2cccc(Br)c2)c1C. The number of nitrogens with zero attached hydrogens (tertiary/aromatic N) is 3. The van der Waals surface area contributed by atoms with Crippen LogP contribution >= 0.6 is 28.1 Å². The van der Waals surface area contributed by atoms with Crippen molar-refractivity contribution in [2.24, 2.45) is 0 Å². The van der Waals surface area contributed by atoms with Gasteiger partial charge in [-0.25, -0.2) is 0 Å². The molecule has 0 spiro atoms. The first-order valence-electron chi connectivity index (χ1n) is 10.4. The number of benzene rings is 1. The number of rotatable bonds is 6. The summed E-state index contributed by atoms with van der Waals surface area (Å²) in [6.45, 7) is 7.54. The second kappa shape index (κ2) is 8.90. The molecule has 0 amide bonds. The maximum Gasteiger partial charge on any atom is 0.170 e. The standard InChI is InChI=1S/C24H27BrN4S/c1-4-5-13-28-23(22(27-24(28)30)21-11-6-7-12-26-21)20-14-16(2)29(17(20)3)19-10-8-9-18(25)15-19/h6-12,14-15,22-23H,4-5,13H2,1-3H3,(H,27,30)/t22-,23+/m0/s1. The maximum atomic E-state index is 5.78. The van der Waals surface area contributed by atoms with Crippen molar-refractivity contribution in [2.45, 2.75) is 45.7 Å². The second-order valence-corrected chi connectivity index (χ2v) is 9.12. The molecule has 1 fully saturated rings. The number of aryl methyl sites for hydroxylation is 1. The number of hydrogen-bond acceptors (Lipinski definition) is 2. The van der Waals surface area contributed by atoms with Crippen LogP contribution in [0.1, 0.15) is 54.5 Å². The predicted molar refractivity (Wildman–Crippen MR) is 130 cm³/mol. The summed E-state index contributed by atoms with van der Waals surface area (Å²) < 4.78 is 3.41. The lowest BCUT2D eigenvalue weighted by Gasteiger charge is -2.28. The first kappa shape index (κ1) is 21.1. The Morgan fingerprint density at radius 1 is 1.13 bits per heavy atom. The van der Waals surface area contributed by atoms with Crippen LogP contribution in [0.2, 0.25) is 0 Å². The van der Waals surface area contributed by atoms with E-state index in [4.69, 9.17) is 12.2 Å². The zero-order valence-electron chi connectivity index (χ0n) is 17.6. The van der Waals surface area contributed by atoms with Gasteiger partial charge in [0.05, 0.1) is 17.8 Å². The molecule has 1 aliphatic rings. The summed E-state index contributed by atoms with van der Waals surface area (Å²) in [7, 11) is 0. The van der Waals surface area contributed by atoms with E-state index in [-0.39, 0.29) is 12.1 Å². The van der Waals surface area contributed by atoms with Gasteiger partial charge in [-0.3, -0.25) is 4.98 Å². The van der Waals surface area contributed by atoms with E-state index in [1.807, 2.05) is 18.3 Å². The Hall–Kier alpha value is -2.18. The molecule has 2 aromatic heterocycles. The normalized spacial score (nSPS) is 18.7. The van der Waals surface area contributed by atoms with Crippen molar-refractivity contribution in [3.05, 3.63) is 81.8 Å². The fourth-order valence-electron chi connectivity index (χ4n) is 4.41. The lowest BCUT2D eigenvalue weighted by atomic mass is 9.96. The molecule has 6 heteroatoms. The minimum Gasteiger partial charge on any atom is -0.352 e. The topological polar surface area (TPSA) is 33.1 Å². The molecule has 0 unspecified atom stereocenters. The lowest BCUT2D eigenvalue weighted by Crippen LogP contribution is -2.30. The molecule has 1 aromatic carbocycles. The van der Waals surface area contributed by atoms with Gasteiger partial charge in [-0.05, 0) is 74.4 Å². The highest BCUT2D eigenvalue weighted by Crippen LogP contribution is 2.41. The van der Waals surface area contributed by atoms with Crippen LogP contribution < -0.4 is 5.32 Å². The van der Waals surface area contributed by atoms with Gasteiger partial charge in [0.2, 0.25) is 0 Å². The average Bonchev–Trinajstić information content (AvgIpc) is 3.22. The first-order valence-corrected chi connectivity index (χ1v) is 11.6. The largest absolute Gasteiger partial charge is 0.352 e. The predicted octanol–water partition coefficient (Wildman–Crippen LogP) is 6.02. The highest BCUT2D eigenvalue weighted by molar-refractivity contribution is 9.10. The van der Waals surface area contributed by atoms with Crippen LogP contribution in [0.15, 0.2) is 59.2 Å². The summed E-state index contributed by atoms with van der Waals surface area (Å²) in [5.41, 5.74) is 5.94. The lowest BCUT2D eigenvalue weighted by molar-refractivity contribution is 0.312. The van der Waals surface area contributed by atoms with E-state index in [1.54, 1.807) is 0 Å². The molecule has 2 atom stereocenters. The summed E-state index contributed by atoms with van der Waals surface area (Å²) in [4.78, 5) is 7.00. The molecular weight excluding hydrogens is 456 g/mol. The van der Waals surface area contributed by atoms with Crippen molar-refractivity contribution >= 4 is 33.3 Å². The smallest absolute Gasteiger partial charge is 0.170 e. The molecule has 0 bridgehead atoms. The van der Waals surface area contributed by atoms with Crippen molar-refractivity contribution in [3.63, 3.8) is 0 Å². The second-order valence-electron chi connectivity index (χ2n) is 7.82.